The third-order valence-electron chi connectivity index (χ3n) is 6.35. The summed E-state index contributed by atoms with van der Waals surface area (Å²) in [6, 6.07) is 15.6. The van der Waals surface area contributed by atoms with Crippen LogP contribution in [-0.2, 0) is 27.1 Å². The molecule has 8 nitrogen and oxygen atoms in total. The molecule has 0 bridgehead atoms. The van der Waals surface area contributed by atoms with Gasteiger partial charge in [-0.3, -0.25) is 4.90 Å². The Morgan fingerprint density at radius 1 is 0.923 bits per heavy atom. The van der Waals surface area contributed by atoms with Gasteiger partial charge in [-0.2, -0.15) is 0 Å². The summed E-state index contributed by atoms with van der Waals surface area (Å²) in [5.41, 5.74) is 1.75. The van der Waals surface area contributed by atoms with Gasteiger partial charge in [-0.1, -0.05) is 47.5 Å². The van der Waals surface area contributed by atoms with Crippen LogP contribution in [-0.4, -0.2) is 90.6 Å². The predicted octanol–water partition coefficient (Wildman–Crippen LogP) is 4.11. The van der Waals surface area contributed by atoms with Crippen molar-refractivity contribution in [2.45, 2.75) is 63.5 Å². The van der Waals surface area contributed by atoms with Gasteiger partial charge in [0.05, 0.1) is 51.2 Å². The number of amides is 1. The first kappa shape index (κ1) is 31.6. The van der Waals surface area contributed by atoms with Crippen LogP contribution in [0, 0.1) is 0 Å². The molecule has 2 aliphatic heterocycles. The van der Waals surface area contributed by atoms with E-state index in [1.807, 2.05) is 69.3 Å². The highest BCUT2D eigenvalue weighted by molar-refractivity contribution is 6.30. The Morgan fingerprint density at radius 2 is 1.46 bits per heavy atom. The third-order valence-corrected chi connectivity index (χ3v) is 6.85. The number of ether oxygens (including phenoxy) is 3. The molecule has 2 saturated heterocycles. The Labute approximate surface area is 241 Å². The van der Waals surface area contributed by atoms with Crippen LogP contribution in [0.5, 0.6) is 0 Å². The van der Waals surface area contributed by atoms with Gasteiger partial charge in [-0.25, -0.2) is 4.79 Å². The van der Waals surface area contributed by atoms with E-state index in [2.05, 4.69) is 5.32 Å². The first-order chi connectivity index (χ1) is 18.6. The molecule has 0 radical (unpaired) electrons. The van der Waals surface area contributed by atoms with Gasteiger partial charge in [-0.15, -0.1) is 0 Å². The van der Waals surface area contributed by atoms with Crippen LogP contribution in [0.1, 0.15) is 31.9 Å². The number of halogens is 2. The van der Waals surface area contributed by atoms with Crippen LogP contribution in [0.3, 0.4) is 0 Å². The lowest BCUT2D eigenvalue weighted by Gasteiger charge is -2.39. The van der Waals surface area contributed by atoms with Crippen molar-refractivity contribution in [2.24, 2.45) is 0 Å². The Kier molecular flexibility index (Phi) is 12.3. The van der Waals surface area contributed by atoms with Crippen molar-refractivity contribution in [3.05, 3.63) is 69.7 Å². The molecule has 2 aromatic rings. The molecule has 2 aromatic carbocycles. The number of morpholine rings is 2. The molecule has 4 atom stereocenters. The van der Waals surface area contributed by atoms with Crippen LogP contribution in [0.25, 0.3) is 0 Å². The molecule has 39 heavy (non-hydrogen) atoms. The minimum Gasteiger partial charge on any atom is -0.444 e. The number of nitrogens with one attached hydrogen (secondary N) is 1. The highest BCUT2D eigenvalue weighted by Crippen LogP contribution is 2.21. The van der Waals surface area contributed by atoms with Gasteiger partial charge in [0.1, 0.15) is 5.60 Å². The number of benzene rings is 2. The van der Waals surface area contributed by atoms with Crippen LogP contribution < -0.4 is 5.32 Å². The molecule has 216 valence electrons. The van der Waals surface area contributed by atoms with Gasteiger partial charge >= 0.3 is 6.09 Å². The Balaban J connectivity index is 0.000000230. The van der Waals surface area contributed by atoms with E-state index in [4.69, 9.17) is 42.5 Å². The molecule has 10 heteroatoms. The standard InChI is InChI=1S/C17H24ClNO4.C12H16ClNO2/c1-17(2,3)23-16(21)19-9-15(10-20)22-11-14(19)8-12-4-6-13(18)7-5-12;13-10-3-1-9(2-4-10)5-11-8-16-12(7-15)6-14-11/h4-7,14-15,20H,8-11H2,1-3H3;1-4,11-12,14-15H,5-8H2/t14-,15+;11-,12+/m00/s1. The smallest absolute Gasteiger partial charge is 0.410 e. The van der Waals surface area contributed by atoms with E-state index >= 15 is 0 Å². The minimum absolute atomic E-state index is 0.0542. The Morgan fingerprint density at radius 3 is 1.95 bits per heavy atom. The molecular weight excluding hydrogens is 543 g/mol. The monoisotopic (exact) mass is 582 g/mol. The van der Waals surface area contributed by atoms with E-state index in [9.17, 15) is 9.90 Å². The van der Waals surface area contributed by atoms with E-state index in [0.717, 1.165) is 23.6 Å². The Bertz CT molecular complexity index is 1010. The summed E-state index contributed by atoms with van der Waals surface area (Å²) < 4.78 is 16.6. The van der Waals surface area contributed by atoms with E-state index in [1.165, 1.54) is 5.56 Å². The number of nitrogens with zero attached hydrogens (tertiary/aromatic N) is 1. The maximum Gasteiger partial charge on any atom is 0.410 e. The van der Waals surface area contributed by atoms with Crippen LogP contribution in [0.4, 0.5) is 4.79 Å². The zero-order valence-electron chi connectivity index (χ0n) is 22.8. The van der Waals surface area contributed by atoms with Crippen molar-refractivity contribution in [2.75, 3.05) is 39.5 Å². The average molecular weight is 584 g/mol. The van der Waals surface area contributed by atoms with E-state index in [-0.39, 0.29) is 37.6 Å². The highest BCUT2D eigenvalue weighted by Gasteiger charge is 2.34. The first-order valence-corrected chi connectivity index (χ1v) is 14.0. The normalized spacial score (nSPS) is 23.5. The number of aliphatic hydroxyl groups is 2. The lowest BCUT2D eigenvalue weighted by molar-refractivity contribution is -0.0843. The summed E-state index contributed by atoms with van der Waals surface area (Å²) in [5, 5.41) is 23.0. The van der Waals surface area contributed by atoms with Crippen molar-refractivity contribution in [3.63, 3.8) is 0 Å². The van der Waals surface area contributed by atoms with Gasteiger partial charge < -0.3 is 29.7 Å². The van der Waals surface area contributed by atoms with Crippen LogP contribution in [0.15, 0.2) is 48.5 Å². The average Bonchev–Trinajstić information content (AvgIpc) is 2.91. The largest absolute Gasteiger partial charge is 0.444 e. The lowest BCUT2D eigenvalue weighted by Crippen LogP contribution is -2.55. The lowest BCUT2D eigenvalue weighted by atomic mass is 10.0. The van der Waals surface area contributed by atoms with Gasteiger partial charge in [0, 0.05) is 22.6 Å². The van der Waals surface area contributed by atoms with Gasteiger partial charge in [-0.05, 0) is 69.0 Å². The number of hydrogen-bond acceptors (Lipinski definition) is 7. The fourth-order valence-electron chi connectivity index (χ4n) is 4.30. The number of hydrogen-bond donors (Lipinski definition) is 3. The molecule has 0 spiro atoms. The van der Waals surface area contributed by atoms with Gasteiger partial charge in [0.2, 0.25) is 0 Å². The quantitative estimate of drug-likeness (QED) is 0.471. The van der Waals surface area contributed by atoms with E-state index in [0.29, 0.717) is 37.2 Å². The summed E-state index contributed by atoms with van der Waals surface area (Å²) in [4.78, 5) is 14.1. The fraction of sp³-hybridized carbons (Fsp3) is 0.552. The maximum atomic E-state index is 12.5. The zero-order valence-corrected chi connectivity index (χ0v) is 24.3. The molecule has 2 fully saturated rings. The highest BCUT2D eigenvalue weighted by atomic mass is 35.5. The first-order valence-electron chi connectivity index (χ1n) is 13.2. The SMILES string of the molecule is CC(C)(C)OC(=O)N1C[C@H](CO)OC[C@@H]1Cc1ccc(Cl)cc1.OC[C@H]1CN[C@@H](Cc2ccc(Cl)cc2)CO1. The molecule has 0 unspecified atom stereocenters. The molecular formula is C29H40Cl2N2O6. The fourth-order valence-corrected chi connectivity index (χ4v) is 4.55. The van der Waals surface area contributed by atoms with Crippen molar-refractivity contribution in [3.8, 4) is 0 Å². The van der Waals surface area contributed by atoms with E-state index < -0.39 is 5.60 Å². The Hall–Kier alpha value is -1.91. The summed E-state index contributed by atoms with van der Waals surface area (Å²) >= 11 is 11.7. The van der Waals surface area contributed by atoms with Crippen molar-refractivity contribution < 1.29 is 29.2 Å². The number of carbonyl (C=O) groups excluding carboxylic acids is 1. The molecule has 0 aliphatic carbocycles. The molecule has 4 rings (SSSR count). The van der Waals surface area contributed by atoms with Crippen LogP contribution in [0.2, 0.25) is 10.0 Å². The molecule has 0 aromatic heterocycles. The second-order valence-electron chi connectivity index (χ2n) is 10.8. The summed E-state index contributed by atoms with van der Waals surface area (Å²) in [6.45, 7) is 7.53. The number of aliphatic hydroxyl groups excluding tert-OH is 2. The van der Waals surface area contributed by atoms with Crippen molar-refractivity contribution >= 4 is 29.3 Å². The summed E-state index contributed by atoms with van der Waals surface area (Å²) in [7, 11) is 0. The summed E-state index contributed by atoms with van der Waals surface area (Å²) in [6.07, 6.45) is 0.771. The number of carbonyl (C=O) groups is 1. The van der Waals surface area contributed by atoms with Gasteiger partial charge in [0.15, 0.2) is 0 Å². The molecule has 3 N–H and O–H groups in total. The van der Waals surface area contributed by atoms with E-state index in [1.54, 1.807) is 4.90 Å². The molecule has 2 heterocycles. The van der Waals surface area contributed by atoms with Crippen LogP contribution >= 0.6 is 23.2 Å². The van der Waals surface area contributed by atoms with Gasteiger partial charge in [0.25, 0.3) is 0 Å². The maximum absolute atomic E-state index is 12.5. The topological polar surface area (TPSA) is 100 Å². The zero-order chi connectivity index (χ0) is 28.4. The second kappa shape index (κ2) is 15.2. The summed E-state index contributed by atoms with van der Waals surface area (Å²) in [5.74, 6) is 0. The third kappa shape index (κ3) is 10.9. The molecule has 2 aliphatic rings. The van der Waals surface area contributed by atoms with Crippen molar-refractivity contribution in [1.29, 1.82) is 0 Å². The molecule has 0 saturated carbocycles. The van der Waals surface area contributed by atoms with Crippen molar-refractivity contribution in [1.82, 2.24) is 10.2 Å². The molecule has 1 amide bonds. The minimum atomic E-state index is -0.561. The number of rotatable bonds is 6. The second-order valence-corrected chi connectivity index (χ2v) is 11.7. The predicted molar refractivity (Wildman–Crippen MR) is 152 cm³/mol.